The molecule has 6 nitrogen and oxygen atoms in total. The zero-order chi connectivity index (χ0) is 22.2. The lowest BCUT2D eigenvalue weighted by atomic mass is 10.1. The summed E-state index contributed by atoms with van der Waals surface area (Å²) in [6, 6.07) is 23.7. The van der Waals surface area contributed by atoms with Gasteiger partial charge in [0.2, 0.25) is 0 Å². The Balaban J connectivity index is 1.46. The van der Waals surface area contributed by atoms with Gasteiger partial charge in [-0.25, -0.2) is 4.79 Å². The lowest BCUT2D eigenvalue weighted by Crippen LogP contribution is -2.31. The fourth-order valence-corrected chi connectivity index (χ4v) is 2.83. The molecule has 3 aromatic carbocycles. The standard InChI is InChI=1S/C25H23NO5/c1-17(27)19-8-12-22(13-9-19)26-25(29)18(2)31-24(28)16-30-23-14-10-21(11-15-23)20-6-4-3-5-7-20/h3-15,18H,16H2,1-2H3,(H,26,29)/t18-/m1/s1. The molecule has 0 bridgehead atoms. The predicted octanol–water partition coefficient (Wildman–Crippen LogP) is 4.51. The van der Waals surface area contributed by atoms with Crippen LogP contribution in [0.1, 0.15) is 24.2 Å². The number of carbonyl (C=O) groups is 3. The Morgan fingerprint density at radius 1 is 0.839 bits per heavy atom. The average molecular weight is 417 g/mol. The number of ether oxygens (including phenoxy) is 2. The van der Waals surface area contributed by atoms with E-state index >= 15 is 0 Å². The van der Waals surface area contributed by atoms with Crippen LogP contribution in [0.25, 0.3) is 11.1 Å². The number of rotatable bonds is 8. The average Bonchev–Trinajstić information content (AvgIpc) is 2.79. The van der Waals surface area contributed by atoms with Gasteiger partial charge in [-0.3, -0.25) is 9.59 Å². The zero-order valence-corrected chi connectivity index (χ0v) is 17.3. The topological polar surface area (TPSA) is 81.7 Å². The minimum absolute atomic E-state index is 0.0603. The maximum absolute atomic E-state index is 12.2. The van der Waals surface area contributed by atoms with Gasteiger partial charge in [0, 0.05) is 11.3 Å². The van der Waals surface area contributed by atoms with Crippen molar-refractivity contribution in [3.63, 3.8) is 0 Å². The Hall–Kier alpha value is -3.93. The van der Waals surface area contributed by atoms with Gasteiger partial charge in [0.15, 0.2) is 18.5 Å². The second-order valence-electron chi connectivity index (χ2n) is 6.93. The molecule has 0 aliphatic carbocycles. The summed E-state index contributed by atoms with van der Waals surface area (Å²) in [5.41, 5.74) is 3.18. The summed E-state index contributed by atoms with van der Waals surface area (Å²) in [5.74, 6) is -0.660. The van der Waals surface area contributed by atoms with Crippen LogP contribution < -0.4 is 10.1 Å². The molecule has 1 atom stereocenters. The molecule has 158 valence electrons. The minimum atomic E-state index is -0.996. The van der Waals surface area contributed by atoms with Gasteiger partial charge >= 0.3 is 5.97 Å². The van der Waals surface area contributed by atoms with Gasteiger partial charge < -0.3 is 14.8 Å². The number of Topliss-reactive ketones (excluding diaryl/α,β-unsaturated/α-hetero) is 1. The predicted molar refractivity (Wildman–Crippen MR) is 118 cm³/mol. The van der Waals surface area contributed by atoms with Crippen molar-refractivity contribution in [3.05, 3.63) is 84.4 Å². The summed E-state index contributed by atoms with van der Waals surface area (Å²) in [6.45, 7) is 2.64. The largest absolute Gasteiger partial charge is 0.482 e. The summed E-state index contributed by atoms with van der Waals surface area (Å²) in [7, 11) is 0. The third kappa shape index (κ3) is 6.27. The van der Waals surface area contributed by atoms with E-state index in [0.717, 1.165) is 11.1 Å². The summed E-state index contributed by atoms with van der Waals surface area (Å²) >= 11 is 0. The first-order chi connectivity index (χ1) is 14.9. The maximum atomic E-state index is 12.2. The number of amides is 1. The third-order valence-electron chi connectivity index (χ3n) is 4.55. The van der Waals surface area contributed by atoms with Gasteiger partial charge in [-0.15, -0.1) is 0 Å². The van der Waals surface area contributed by atoms with Crippen molar-refractivity contribution in [3.8, 4) is 16.9 Å². The van der Waals surface area contributed by atoms with E-state index in [0.29, 0.717) is 17.0 Å². The lowest BCUT2D eigenvalue weighted by Gasteiger charge is -2.14. The molecule has 3 rings (SSSR count). The van der Waals surface area contributed by atoms with E-state index in [-0.39, 0.29) is 12.4 Å². The molecule has 0 radical (unpaired) electrons. The molecular weight excluding hydrogens is 394 g/mol. The van der Waals surface area contributed by atoms with Crippen molar-refractivity contribution in [2.24, 2.45) is 0 Å². The summed E-state index contributed by atoms with van der Waals surface area (Å²) in [6.07, 6.45) is -0.996. The van der Waals surface area contributed by atoms with Crippen LogP contribution in [-0.2, 0) is 14.3 Å². The highest BCUT2D eigenvalue weighted by Gasteiger charge is 2.18. The number of nitrogens with one attached hydrogen (secondary N) is 1. The first kappa shape index (κ1) is 21.8. The quantitative estimate of drug-likeness (QED) is 0.431. The Labute approximate surface area is 180 Å². The van der Waals surface area contributed by atoms with E-state index in [9.17, 15) is 14.4 Å². The van der Waals surface area contributed by atoms with E-state index in [4.69, 9.17) is 9.47 Å². The summed E-state index contributed by atoms with van der Waals surface area (Å²) in [4.78, 5) is 35.5. The van der Waals surface area contributed by atoms with Gasteiger partial charge in [0.1, 0.15) is 5.75 Å². The molecule has 1 N–H and O–H groups in total. The Kier molecular flexibility index (Phi) is 7.17. The molecule has 0 aliphatic rings. The van der Waals surface area contributed by atoms with E-state index in [2.05, 4.69) is 5.32 Å². The van der Waals surface area contributed by atoms with Gasteiger partial charge in [-0.05, 0) is 61.4 Å². The third-order valence-corrected chi connectivity index (χ3v) is 4.55. The van der Waals surface area contributed by atoms with Gasteiger partial charge in [0.05, 0.1) is 0 Å². The monoisotopic (exact) mass is 417 g/mol. The second kappa shape index (κ2) is 10.2. The second-order valence-corrected chi connectivity index (χ2v) is 6.93. The minimum Gasteiger partial charge on any atom is -0.482 e. The molecule has 0 aromatic heterocycles. The molecule has 0 saturated carbocycles. The van der Waals surface area contributed by atoms with E-state index in [1.807, 2.05) is 42.5 Å². The Bertz CT molecular complexity index is 1040. The molecule has 1 amide bonds. The molecule has 31 heavy (non-hydrogen) atoms. The molecule has 0 heterocycles. The number of ketones is 1. The van der Waals surface area contributed by atoms with Crippen molar-refractivity contribution in [1.29, 1.82) is 0 Å². The van der Waals surface area contributed by atoms with Crippen LogP contribution in [-0.4, -0.2) is 30.4 Å². The first-order valence-corrected chi connectivity index (χ1v) is 9.82. The van der Waals surface area contributed by atoms with Crippen LogP contribution in [0, 0.1) is 0 Å². The Morgan fingerprint density at radius 3 is 2.06 bits per heavy atom. The molecule has 6 heteroatoms. The Morgan fingerprint density at radius 2 is 1.45 bits per heavy atom. The van der Waals surface area contributed by atoms with E-state index < -0.39 is 18.0 Å². The summed E-state index contributed by atoms with van der Waals surface area (Å²) in [5, 5.41) is 2.64. The van der Waals surface area contributed by atoms with Gasteiger partial charge in [-0.2, -0.15) is 0 Å². The molecule has 0 aliphatic heterocycles. The first-order valence-electron chi connectivity index (χ1n) is 9.82. The van der Waals surface area contributed by atoms with Crippen molar-refractivity contribution >= 4 is 23.3 Å². The molecular formula is C25H23NO5. The van der Waals surface area contributed by atoms with E-state index in [1.54, 1.807) is 36.4 Å². The summed E-state index contributed by atoms with van der Waals surface area (Å²) < 4.78 is 10.6. The number of hydrogen-bond acceptors (Lipinski definition) is 5. The molecule has 3 aromatic rings. The number of anilines is 1. The van der Waals surface area contributed by atoms with Crippen LogP contribution >= 0.6 is 0 Å². The SMILES string of the molecule is CC(=O)c1ccc(NC(=O)[C@@H](C)OC(=O)COc2ccc(-c3ccccc3)cc2)cc1. The van der Waals surface area contributed by atoms with Crippen LogP contribution in [0.5, 0.6) is 5.75 Å². The molecule has 0 fully saturated rings. The number of carbonyl (C=O) groups excluding carboxylic acids is 3. The van der Waals surface area contributed by atoms with Crippen molar-refractivity contribution in [1.82, 2.24) is 0 Å². The normalized spacial score (nSPS) is 11.3. The highest BCUT2D eigenvalue weighted by atomic mass is 16.6. The van der Waals surface area contributed by atoms with Crippen LogP contribution in [0.3, 0.4) is 0 Å². The van der Waals surface area contributed by atoms with E-state index in [1.165, 1.54) is 13.8 Å². The fourth-order valence-electron chi connectivity index (χ4n) is 2.83. The molecule has 0 saturated heterocycles. The van der Waals surface area contributed by atoms with Crippen molar-refractivity contribution in [2.75, 3.05) is 11.9 Å². The van der Waals surface area contributed by atoms with Crippen molar-refractivity contribution in [2.45, 2.75) is 20.0 Å². The fraction of sp³-hybridized carbons (Fsp3) is 0.160. The smallest absolute Gasteiger partial charge is 0.344 e. The number of benzene rings is 3. The number of esters is 1. The molecule has 0 spiro atoms. The lowest BCUT2D eigenvalue weighted by molar-refractivity contribution is -0.155. The number of hydrogen-bond donors (Lipinski definition) is 1. The maximum Gasteiger partial charge on any atom is 0.344 e. The zero-order valence-electron chi connectivity index (χ0n) is 17.3. The highest BCUT2D eigenvalue weighted by Crippen LogP contribution is 2.22. The van der Waals surface area contributed by atoms with Gasteiger partial charge in [-0.1, -0.05) is 42.5 Å². The van der Waals surface area contributed by atoms with Crippen LogP contribution in [0.2, 0.25) is 0 Å². The highest BCUT2D eigenvalue weighted by molar-refractivity contribution is 5.97. The van der Waals surface area contributed by atoms with Crippen LogP contribution in [0.15, 0.2) is 78.9 Å². The molecule has 0 unspecified atom stereocenters. The van der Waals surface area contributed by atoms with Crippen molar-refractivity contribution < 1.29 is 23.9 Å². The van der Waals surface area contributed by atoms with Gasteiger partial charge in [0.25, 0.3) is 5.91 Å². The van der Waals surface area contributed by atoms with Crippen LogP contribution in [0.4, 0.5) is 5.69 Å².